The maximum Gasteiger partial charge on any atom is 0.287 e. The SMILES string of the molecule is O=[N+]([O-])c1cccc(Oc2ccc(CO)c(Cl)c2)c1Br. The molecule has 0 saturated carbocycles. The van der Waals surface area contributed by atoms with Gasteiger partial charge in [-0.05, 0) is 39.7 Å². The predicted molar refractivity (Wildman–Crippen MR) is 78.2 cm³/mol. The first-order valence-electron chi connectivity index (χ1n) is 5.53. The molecule has 0 bridgehead atoms. The van der Waals surface area contributed by atoms with E-state index < -0.39 is 4.92 Å². The Morgan fingerprint density at radius 3 is 2.70 bits per heavy atom. The Morgan fingerprint density at radius 1 is 1.35 bits per heavy atom. The molecule has 0 aliphatic heterocycles. The molecule has 0 aliphatic rings. The second-order valence-electron chi connectivity index (χ2n) is 3.86. The normalized spacial score (nSPS) is 10.3. The third kappa shape index (κ3) is 3.09. The van der Waals surface area contributed by atoms with Gasteiger partial charge in [0.05, 0.1) is 11.5 Å². The molecule has 0 spiro atoms. The largest absolute Gasteiger partial charge is 0.456 e. The Labute approximate surface area is 128 Å². The van der Waals surface area contributed by atoms with Crippen molar-refractivity contribution in [3.05, 3.63) is 61.6 Å². The second-order valence-corrected chi connectivity index (χ2v) is 5.06. The lowest BCUT2D eigenvalue weighted by molar-refractivity contribution is -0.385. The highest BCUT2D eigenvalue weighted by molar-refractivity contribution is 9.10. The molecule has 0 aromatic heterocycles. The molecule has 7 heteroatoms. The van der Waals surface area contributed by atoms with Crippen molar-refractivity contribution in [1.82, 2.24) is 0 Å². The first kappa shape index (κ1) is 14.8. The van der Waals surface area contributed by atoms with Crippen LogP contribution < -0.4 is 4.74 Å². The number of aliphatic hydroxyl groups is 1. The Bertz CT molecular complexity index is 663. The van der Waals surface area contributed by atoms with E-state index in [-0.39, 0.29) is 16.8 Å². The Morgan fingerprint density at radius 2 is 2.10 bits per heavy atom. The van der Waals surface area contributed by atoms with Crippen LogP contribution in [0.4, 0.5) is 5.69 Å². The molecule has 1 N–H and O–H groups in total. The zero-order valence-electron chi connectivity index (χ0n) is 10.0. The van der Waals surface area contributed by atoms with Gasteiger partial charge in [0.15, 0.2) is 0 Å². The van der Waals surface area contributed by atoms with E-state index in [4.69, 9.17) is 21.4 Å². The summed E-state index contributed by atoms with van der Waals surface area (Å²) < 4.78 is 5.82. The van der Waals surface area contributed by atoms with E-state index in [0.29, 0.717) is 22.1 Å². The summed E-state index contributed by atoms with van der Waals surface area (Å²) in [4.78, 5) is 10.3. The van der Waals surface area contributed by atoms with Gasteiger partial charge in [-0.2, -0.15) is 0 Å². The minimum atomic E-state index is -0.501. The summed E-state index contributed by atoms with van der Waals surface area (Å²) in [6.07, 6.45) is 0. The van der Waals surface area contributed by atoms with Crippen molar-refractivity contribution in [3.8, 4) is 11.5 Å². The number of rotatable bonds is 4. The van der Waals surface area contributed by atoms with Gasteiger partial charge in [-0.25, -0.2) is 0 Å². The summed E-state index contributed by atoms with van der Waals surface area (Å²) in [5.74, 6) is 0.736. The fraction of sp³-hybridized carbons (Fsp3) is 0.0769. The van der Waals surface area contributed by atoms with Crippen molar-refractivity contribution in [2.45, 2.75) is 6.61 Å². The van der Waals surface area contributed by atoms with Crippen LogP contribution in [0, 0.1) is 10.1 Å². The van der Waals surface area contributed by atoms with E-state index in [9.17, 15) is 10.1 Å². The van der Waals surface area contributed by atoms with Crippen molar-refractivity contribution in [1.29, 1.82) is 0 Å². The zero-order chi connectivity index (χ0) is 14.7. The summed E-state index contributed by atoms with van der Waals surface area (Å²) in [5, 5.41) is 20.2. The maximum atomic E-state index is 10.8. The van der Waals surface area contributed by atoms with Crippen LogP contribution in [-0.2, 0) is 6.61 Å². The molecule has 20 heavy (non-hydrogen) atoms. The number of aliphatic hydroxyl groups excluding tert-OH is 1. The Hall–Kier alpha value is -1.63. The topological polar surface area (TPSA) is 72.6 Å². The van der Waals surface area contributed by atoms with Crippen LogP contribution in [0.15, 0.2) is 40.9 Å². The van der Waals surface area contributed by atoms with Crippen molar-refractivity contribution in [2.24, 2.45) is 0 Å². The quantitative estimate of drug-likeness (QED) is 0.653. The molecule has 0 amide bonds. The number of hydrogen-bond donors (Lipinski definition) is 1. The van der Waals surface area contributed by atoms with Gasteiger partial charge in [-0.15, -0.1) is 0 Å². The van der Waals surface area contributed by atoms with Crippen LogP contribution in [0.1, 0.15) is 5.56 Å². The summed E-state index contributed by atoms with van der Waals surface area (Å²) >= 11 is 9.10. The van der Waals surface area contributed by atoms with Crippen molar-refractivity contribution in [2.75, 3.05) is 0 Å². The van der Waals surface area contributed by atoms with Gasteiger partial charge in [-0.1, -0.05) is 23.7 Å². The van der Waals surface area contributed by atoms with Gasteiger partial charge >= 0.3 is 0 Å². The minimum Gasteiger partial charge on any atom is -0.456 e. The lowest BCUT2D eigenvalue weighted by Crippen LogP contribution is -1.93. The predicted octanol–water partition coefficient (Wildman–Crippen LogP) is 4.30. The summed E-state index contributed by atoms with van der Waals surface area (Å²) in [6, 6.07) is 9.30. The van der Waals surface area contributed by atoms with Crippen molar-refractivity contribution >= 4 is 33.2 Å². The highest BCUT2D eigenvalue weighted by Crippen LogP contribution is 2.37. The molecule has 0 aliphatic carbocycles. The molecule has 2 aromatic carbocycles. The van der Waals surface area contributed by atoms with Crippen LogP contribution in [0.25, 0.3) is 0 Å². The number of benzene rings is 2. The van der Waals surface area contributed by atoms with Gasteiger partial charge in [0, 0.05) is 11.1 Å². The van der Waals surface area contributed by atoms with Crippen molar-refractivity contribution in [3.63, 3.8) is 0 Å². The van der Waals surface area contributed by atoms with E-state index in [2.05, 4.69) is 15.9 Å². The first-order valence-corrected chi connectivity index (χ1v) is 6.70. The van der Waals surface area contributed by atoms with Crippen LogP contribution in [0.5, 0.6) is 11.5 Å². The number of nitro benzene ring substituents is 1. The van der Waals surface area contributed by atoms with E-state index in [1.165, 1.54) is 12.1 Å². The molecule has 104 valence electrons. The van der Waals surface area contributed by atoms with E-state index in [1.54, 1.807) is 24.3 Å². The highest BCUT2D eigenvalue weighted by atomic mass is 79.9. The van der Waals surface area contributed by atoms with E-state index >= 15 is 0 Å². The molecular weight excluding hydrogens is 350 g/mol. The average Bonchev–Trinajstić information content (AvgIpc) is 2.41. The molecule has 0 fully saturated rings. The van der Waals surface area contributed by atoms with Crippen LogP contribution in [-0.4, -0.2) is 10.0 Å². The smallest absolute Gasteiger partial charge is 0.287 e. The summed E-state index contributed by atoms with van der Waals surface area (Å²) in [6.45, 7) is -0.167. The number of halogens is 2. The van der Waals surface area contributed by atoms with E-state index in [1.807, 2.05) is 0 Å². The lowest BCUT2D eigenvalue weighted by Gasteiger charge is -2.09. The van der Waals surface area contributed by atoms with Gasteiger partial charge < -0.3 is 9.84 Å². The summed E-state index contributed by atoms with van der Waals surface area (Å²) in [7, 11) is 0. The monoisotopic (exact) mass is 357 g/mol. The minimum absolute atomic E-state index is 0.0828. The highest BCUT2D eigenvalue weighted by Gasteiger charge is 2.16. The lowest BCUT2D eigenvalue weighted by atomic mass is 10.2. The Balaban J connectivity index is 2.33. The molecule has 5 nitrogen and oxygen atoms in total. The van der Waals surface area contributed by atoms with E-state index in [0.717, 1.165) is 0 Å². The number of ether oxygens (including phenoxy) is 1. The van der Waals surface area contributed by atoms with Crippen LogP contribution >= 0.6 is 27.5 Å². The second kappa shape index (κ2) is 6.21. The summed E-state index contributed by atoms with van der Waals surface area (Å²) in [5.41, 5.74) is 0.498. The fourth-order valence-electron chi connectivity index (χ4n) is 1.57. The molecule has 0 heterocycles. The molecule has 0 unspecified atom stereocenters. The first-order chi connectivity index (χ1) is 9.52. The van der Waals surface area contributed by atoms with Gasteiger partial charge in [0.25, 0.3) is 5.69 Å². The van der Waals surface area contributed by atoms with Gasteiger partial charge in [-0.3, -0.25) is 10.1 Å². The molecule has 0 atom stereocenters. The molecule has 0 saturated heterocycles. The Kier molecular flexibility index (Phi) is 4.59. The molecule has 2 rings (SSSR count). The van der Waals surface area contributed by atoms with Crippen LogP contribution in [0.3, 0.4) is 0 Å². The molecular formula is C13H9BrClNO4. The standard InChI is InChI=1S/C13H9BrClNO4/c14-13-11(16(18)19)2-1-3-12(13)20-9-5-4-8(7-17)10(15)6-9/h1-6,17H,7H2. The zero-order valence-corrected chi connectivity index (χ0v) is 12.4. The third-order valence-electron chi connectivity index (χ3n) is 2.56. The number of nitro groups is 1. The fourth-order valence-corrected chi connectivity index (χ4v) is 2.29. The average molecular weight is 359 g/mol. The van der Waals surface area contributed by atoms with Gasteiger partial charge in [0.2, 0.25) is 0 Å². The third-order valence-corrected chi connectivity index (χ3v) is 3.71. The van der Waals surface area contributed by atoms with Crippen molar-refractivity contribution < 1.29 is 14.8 Å². The number of hydrogen-bond acceptors (Lipinski definition) is 4. The molecule has 2 aromatic rings. The van der Waals surface area contributed by atoms with Crippen LogP contribution in [0.2, 0.25) is 5.02 Å². The number of nitrogens with zero attached hydrogens (tertiary/aromatic N) is 1. The maximum absolute atomic E-state index is 10.8. The molecule has 0 radical (unpaired) electrons. The van der Waals surface area contributed by atoms with Gasteiger partial charge in [0.1, 0.15) is 16.0 Å².